The van der Waals surface area contributed by atoms with Gasteiger partial charge in [0.15, 0.2) is 5.15 Å². The molecule has 0 saturated carbocycles. The summed E-state index contributed by atoms with van der Waals surface area (Å²) in [7, 11) is 1.67. The van der Waals surface area contributed by atoms with Gasteiger partial charge < -0.3 is 14.5 Å². The van der Waals surface area contributed by atoms with Crippen LogP contribution in [0.5, 0.6) is 5.75 Å². The monoisotopic (exact) mass is 315 g/mol. The highest BCUT2D eigenvalue weighted by molar-refractivity contribution is 6.30. The minimum Gasteiger partial charge on any atom is -0.497 e. The summed E-state index contributed by atoms with van der Waals surface area (Å²) >= 11 is 6.30. The van der Waals surface area contributed by atoms with Gasteiger partial charge in [0.1, 0.15) is 11.4 Å². The molecule has 0 aliphatic heterocycles. The van der Waals surface area contributed by atoms with Crippen LogP contribution in [0, 0.1) is 0 Å². The predicted octanol–water partition coefficient (Wildman–Crippen LogP) is 3.85. The minimum atomic E-state index is 0.0898. The topological polar surface area (TPSA) is 38.6 Å². The van der Waals surface area contributed by atoms with Gasteiger partial charge >= 0.3 is 0 Å². The summed E-state index contributed by atoms with van der Waals surface area (Å²) in [5.74, 6) is 0.863. The second-order valence-corrected chi connectivity index (χ2v) is 5.53. The van der Waals surface area contributed by atoms with Gasteiger partial charge in [-0.15, -0.1) is 0 Å². The van der Waals surface area contributed by atoms with Crippen LogP contribution in [-0.4, -0.2) is 16.5 Å². The number of imidazole rings is 1. The molecule has 0 unspecified atom stereocenters. The number of aromatic nitrogens is 2. The lowest BCUT2D eigenvalue weighted by Gasteiger charge is -2.14. The van der Waals surface area contributed by atoms with Crippen molar-refractivity contribution in [2.24, 2.45) is 0 Å². The van der Waals surface area contributed by atoms with Crippen molar-refractivity contribution in [2.75, 3.05) is 7.11 Å². The molecule has 22 heavy (non-hydrogen) atoms. The molecule has 5 heteroatoms. The third-order valence-corrected chi connectivity index (χ3v) is 3.98. The first-order valence-corrected chi connectivity index (χ1v) is 7.55. The lowest BCUT2D eigenvalue weighted by atomic mass is 10.2. The van der Waals surface area contributed by atoms with Crippen molar-refractivity contribution in [1.82, 2.24) is 14.7 Å². The Morgan fingerprint density at radius 1 is 1.23 bits per heavy atom. The van der Waals surface area contributed by atoms with Crippen LogP contribution in [0.1, 0.15) is 24.2 Å². The smallest absolute Gasteiger partial charge is 0.152 e. The number of methoxy groups -OCH3 is 1. The van der Waals surface area contributed by atoms with E-state index in [1.54, 1.807) is 7.11 Å². The molecule has 2 heterocycles. The number of ether oxygens (including phenoxy) is 1. The van der Waals surface area contributed by atoms with E-state index in [1.807, 2.05) is 40.9 Å². The van der Waals surface area contributed by atoms with E-state index in [2.05, 4.69) is 29.4 Å². The summed E-state index contributed by atoms with van der Waals surface area (Å²) in [5, 5.41) is 4.03. The Hall–Kier alpha value is -2.04. The van der Waals surface area contributed by atoms with Crippen molar-refractivity contribution in [3.05, 3.63) is 65.1 Å². The van der Waals surface area contributed by atoms with E-state index in [0.717, 1.165) is 23.6 Å². The third-order valence-electron chi connectivity index (χ3n) is 3.70. The second-order valence-electron chi connectivity index (χ2n) is 5.17. The number of halogens is 1. The molecule has 0 fully saturated rings. The van der Waals surface area contributed by atoms with Gasteiger partial charge in [-0.1, -0.05) is 29.8 Å². The Balaban J connectivity index is 1.75. The first kappa shape index (κ1) is 14.9. The molecule has 2 aromatic heterocycles. The molecule has 0 aliphatic carbocycles. The number of nitrogens with one attached hydrogen (secondary N) is 1. The number of hydrogen-bond donors (Lipinski definition) is 1. The number of benzene rings is 1. The summed E-state index contributed by atoms with van der Waals surface area (Å²) in [6.07, 6.45) is 1.98. The molecule has 0 amide bonds. The zero-order valence-electron chi connectivity index (χ0n) is 12.6. The maximum absolute atomic E-state index is 6.30. The highest BCUT2D eigenvalue weighted by Gasteiger charge is 2.16. The van der Waals surface area contributed by atoms with E-state index in [9.17, 15) is 0 Å². The zero-order chi connectivity index (χ0) is 15.5. The number of hydrogen-bond acceptors (Lipinski definition) is 3. The highest BCUT2D eigenvalue weighted by Crippen LogP contribution is 2.24. The quantitative estimate of drug-likeness (QED) is 0.777. The van der Waals surface area contributed by atoms with Gasteiger partial charge in [0.2, 0.25) is 0 Å². The van der Waals surface area contributed by atoms with Crippen LogP contribution < -0.4 is 10.1 Å². The average Bonchev–Trinajstić information content (AvgIpc) is 2.89. The Morgan fingerprint density at radius 3 is 2.73 bits per heavy atom. The predicted molar refractivity (Wildman–Crippen MR) is 88.5 cm³/mol. The maximum atomic E-state index is 6.30. The van der Waals surface area contributed by atoms with Gasteiger partial charge in [-0.3, -0.25) is 0 Å². The Kier molecular flexibility index (Phi) is 4.32. The Morgan fingerprint density at radius 2 is 2.00 bits per heavy atom. The number of nitrogens with zero attached hydrogens (tertiary/aromatic N) is 2. The molecule has 4 nitrogen and oxygen atoms in total. The van der Waals surface area contributed by atoms with Gasteiger partial charge in [0, 0.05) is 18.8 Å². The van der Waals surface area contributed by atoms with Gasteiger partial charge in [-0.25, -0.2) is 4.98 Å². The maximum Gasteiger partial charge on any atom is 0.152 e. The molecule has 114 valence electrons. The normalized spacial score (nSPS) is 12.5. The summed E-state index contributed by atoms with van der Waals surface area (Å²) in [6, 6.07) is 14.0. The van der Waals surface area contributed by atoms with Crippen molar-refractivity contribution >= 4 is 17.2 Å². The fourth-order valence-electron chi connectivity index (χ4n) is 2.48. The molecule has 1 aromatic carbocycles. The summed E-state index contributed by atoms with van der Waals surface area (Å²) < 4.78 is 7.19. The molecular weight excluding hydrogens is 298 g/mol. The van der Waals surface area contributed by atoms with Crippen LogP contribution in [0.25, 0.3) is 5.65 Å². The molecule has 1 N–H and O–H groups in total. The molecule has 1 atom stereocenters. The lowest BCUT2D eigenvalue weighted by Crippen LogP contribution is -2.19. The molecule has 0 saturated heterocycles. The largest absolute Gasteiger partial charge is 0.497 e. The lowest BCUT2D eigenvalue weighted by molar-refractivity contribution is 0.414. The third kappa shape index (κ3) is 2.93. The zero-order valence-corrected chi connectivity index (χ0v) is 13.3. The molecule has 3 aromatic rings. The summed E-state index contributed by atoms with van der Waals surface area (Å²) in [5.41, 5.74) is 3.03. The number of pyridine rings is 1. The number of fused-ring (bicyclic) bond motifs is 1. The first-order valence-electron chi connectivity index (χ1n) is 7.18. The van der Waals surface area contributed by atoms with Gasteiger partial charge in [-0.05, 0) is 36.8 Å². The van der Waals surface area contributed by atoms with Crippen molar-refractivity contribution in [3.63, 3.8) is 0 Å². The van der Waals surface area contributed by atoms with Gasteiger partial charge in [0.25, 0.3) is 0 Å². The van der Waals surface area contributed by atoms with Crippen LogP contribution in [0.3, 0.4) is 0 Å². The Labute approximate surface area is 134 Å². The minimum absolute atomic E-state index is 0.0898. The molecule has 0 aliphatic rings. The van der Waals surface area contributed by atoms with Crippen molar-refractivity contribution in [3.8, 4) is 5.75 Å². The van der Waals surface area contributed by atoms with E-state index in [4.69, 9.17) is 16.3 Å². The molecular formula is C17H18ClN3O. The molecule has 0 bridgehead atoms. The van der Waals surface area contributed by atoms with Crippen LogP contribution in [0.15, 0.2) is 48.7 Å². The standard InChI is InChI=1S/C17H18ClN3O/c1-12(19-11-13-6-8-14(22-2)9-7-13)16-17(18)20-15-5-3-4-10-21(15)16/h3-10,12,19H,11H2,1-2H3/t12-/m0/s1. The van der Waals surface area contributed by atoms with Crippen molar-refractivity contribution in [1.29, 1.82) is 0 Å². The van der Waals surface area contributed by atoms with Gasteiger partial charge in [0.05, 0.1) is 12.8 Å². The first-order chi connectivity index (χ1) is 10.7. The SMILES string of the molecule is COc1ccc(CN[C@@H](C)c2c(Cl)nc3ccccn23)cc1. The fourth-order valence-corrected chi connectivity index (χ4v) is 2.83. The van der Waals surface area contributed by atoms with E-state index in [1.165, 1.54) is 5.56 Å². The number of rotatable bonds is 5. The summed E-state index contributed by atoms with van der Waals surface area (Å²) in [4.78, 5) is 4.38. The molecule has 3 rings (SSSR count). The fraction of sp³-hybridized carbons (Fsp3) is 0.235. The average molecular weight is 316 g/mol. The van der Waals surface area contributed by atoms with E-state index >= 15 is 0 Å². The highest BCUT2D eigenvalue weighted by atomic mass is 35.5. The van der Waals surface area contributed by atoms with Crippen LogP contribution in [0.4, 0.5) is 0 Å². The van der Waals surface area contributed by atoms with Crippen molar-refractivity contribution in [2.45, 2.75) is 19.5 Å². The molecule has 0 radical (unpaired) electrons. The van der Waals surface area contributed by atoms with E-state index < -0.39 is 0 Å². The van der Waals surface area contributed by atoms with Gasteiger partial charge in [-0.2, -0.15) is 0 Å². The summed E-state index contributed by atoms with van der Waals surface area (Å²) in [6.45, 7) is 2.84. The Bertz CT molecular complexity index is 767. The van der Waals surface area contributed by atoms with E-state index in [-0.39, 0.29) is 6.04 Å². The second kappa shape index (κ2) is 6.38. The van der Waals surface area contributed by atoms with Crippen LogP contribution >= 0.6 is 11.6 Å². The molecule has 0 spiro atoms. The van der Waals surface area contributed by atoms with Crippen molar-refractivity contribution < 1.29 is 4.74 Å². The van der Waals surface area contributed by atoms with Crippen LogP contribution in [0.2, 0.25) is 5.15 Å². The van der Waals surface area contributed by atoms with E-state index in [0.29, 0.717) is 5.15 Å². The van der Waals surface area contributed by atoms with Crippen LogP contribution in [-0.2, 0) is 6.54 Å².